The quantitative estimate of drug-likeness (QED) is 0.709. The summed E-state index contributed by atoms with van der Waals surface area (Å²) in [6.07, 6.45) is 7.04. The third kappa shape index (κ3) is 4.22. The summed E-state index contributed by atoms with van der Waals surface area (Å²) in [5, 5.41) is 3.63. The SMILES string of the molecule is CCSc1cnc(C(=O)NC2=CC=NC(C3(C)CC(=O)N(C)C(N)=N3)C2)cn1. The molecule has 0 aliphatic carbocycles. The summed E-state index contributed by atoms with van der Waals surface area (Å²) in [6, 6.07) is -0.307. The van der Waals surface area contributed by atoms with E-state index in [-0.39, 0.29) is 35.9 Å². The van der Waals surface area contributed by atoms with E-state index in [9.17, 15) is 9.59 Å². The van der Waals surface area contributed by atoms with Gasteiger partial charge in [0.25, 0.3) is 5.91 Å². The highest BCUT2D eigenvalue weighted by Gasteiger charge is 2.42. The molecule has 0 spiro atoms. The van der Waals surface area contributed by atoms with E-state index in [1.807, 2.05) is 13.8 Å². The van der Waals surface area contributed by atoms with Gasteiger partial charge in [-0.25, -0.2) is 15.0 Å². The molecule has 1 aromatic rings. The van der Waals surface area contributed by atoms with Crippen LogP contribution in [0.3, 0.4) is 0 Å². The van der Waals surface area contributed by atoms with Crippen molar-refractivity contribution in [3.05, 3.63) is 29.9 Å². The minimum Gasteiger partial charge on any atom is -0.369 e. The van der Waals surface area contributed by atoms with Gasteiger partial charge in [-0.1, -0.05) is 6.92 Å². The number of allylic oxidation sites excluding steroid dienone is 1. The van der Waals surface area contributed by atoms with Crippen molar-refractivity contribution >= 4 is 35.8 Å². The second kappa shape index (κ2) is 8.09. The summed E-state index contributed by atoms with van der Waals surface area (Å²) in [5.74, 6) is 0.617. The number of hydrogen-bond acceptors (Lipinski definition) is 8. The van der Waals surface area contributed by atoms with Gasteiger partial charge in [0.05, 0.1) is 30.4 Å². The summed E-state index contributed by atoms with van der Waals surface area (Å²) in [5.41, 5.74) is 6.04. The van der Waals surface area contributed by atoms with Gasteiger partial charge in [0.2, 0.25) is 5.91 Å². The normalized spacial score (nSPS) is 24.6. The first-order valence-corrected chi connectivity index (χ1v) is 9.91. The van der Waals surface area contributed by atoms with Gasteiger partial charge in [0, 0.05) is 25.4 Å². The maximum atomic E-state index is 12.5. The lowest BCUT2D eigenvalue weighted by Gasteiger charge is -2.38. The highest BCUT2D eigenvalue weighted by atomic mass is 32.2. The molecule has 28 heavy (non-hydrogen) atoms. The van der Waals surface area contributed by atoms with Crippen LogP contribution in [0.4, 0.5) is 0 Å². The van der Waals surface area contributed by atoms with E-state index in [1.54, 1.807) is 37.3 Å². The number of amides is 2. The number of nitrogens with one attached hydrogen (secondary N) is 1. The molecule has 2 aliphatic heterocycles. The van der Waals surface area contributed by atoms with Crippen molar-refractivity contribution in [1.82, 2.24) is 20.2 Å². The molecule has 0 radical (unpaired) electrons. The minimum absolute atomic E-state index is 0.106. The zero-order valence-electron chi connectivity index (χ0n) is 16.0. The van der Waals surface area contributed by atoms with Gasteiger partial charge in [-0.2, -0.15) is 0 Å². The number of dihydropyridines is 1. The van der Waals surface area contributed by atoms with Gasteiger partial charge in [-0.15, -0.1) is 11.8 Å². The number of thioether (sulfide) groups is 1. The fourth-order valence-corrected chi connectivity index (χ4v) is 3.58. The van der Waals surface area contributed by atoms with Gasteiger partial charge in [0.15, 0.2) is 5.96 Å². The zero-order valence-corrected chi connectivity index (χ0v) is 16.9. The number of rotatable bonds is 5. The van der Waals surface area contributed by atoms with Crippen LogP contribution in [-0.4, -0.2) is 63.2 Å². The molecule has 0 fully saturated rings. The fraction of sp³-hybridized carbons (Fsp3) is 0.444. The molecule has 0 bridgehead atoms. The molecule has 10 heteroatoms. The fourth-order valence-electron chi connectivity index (χ4n) is 3.03. The summed E-state index contributed by atoms with van der Waals surface area (Å²) in [4.78, 5) is 43.4. The molecule has 2 aliphatic rings. The van der Waals surface area contributed by atoms with Gasteiger partial charge in [0.1, 0.15) is 10.7 Å². The molecule has 2 atom stereocenters. The second-order valence-electron chi connectivity index (χ2n) is 6.79. The molecule has 2 amide bonds. The number of aliphatic imine (C=N–C) groups is 2. The highest BCUT2D eigenvalue weighted by molar-refractivity contribution is 7.99. The Morgan fingerprint density at radius 1 is 1.43 bits per heavy atom. The van der Waals surface area contributed by atoms with Crippen molar-refractivity contribution in [2.45, 2.75) is 43.3 Å². The smallest absolute Gasteiger partial charge is 0.275 e. The molecular weight excluding hydrogens is 378 g/mol. The van der Waals surface area contributed by atoms with E-state index in [0.717, 1.165) is 10.8 Å². The molecule has 2 unspecified atom stereocenters. The molecule has 0 aromatic carbocycles. The lowest BCUT2D eigenvalue weighted by molar-refractivity contribution is -0.128. The lowest BCUT2D eigenvalue weighted by atomic mass is 9.84. The van der Waals surface area contributed by atoms with Crippen LogP contribution in [0.5, 0.6) is 0 Å². The summed E-state index contributed by atoms with van der Waals surface area (Å²) < 4.78 is 0. The Balaban J connectivity index is 1.68. The Hall–Kier alpha value is -2.75. The third-order valence-corrected chi connectivity index (χ3v) is 5.49. The first-order chi connectivity index (χ1) is 13.3. The lowest BCUT2D eigenvalue weighted by Crippen LogP contribution is -2.53. The number of carbonyl (C=O) groups is 2. The van der Waals surface area contributed by atoms with Crippen LogP contribution in [0.25, 0.3) is 0 Å². The van der Waals surface area contributed by atoms with Crippen molar-refractivity contribution in [3.8, 4) is 0 Å². The average Bonchev–Trinajstić information content (AvgIpc) is 2.67. The molecular formula is C18H23N7O2S. The van der Waals surface area contributed by atoms with E-state index in [1.165, 1.54) is 11.1 Å². The Bertz CT molecular complexity index is 865. The number of carbonyl (C=O) groups excluding carboxylic acids is 2. The summed E-state index contributed by atoms with van der Waals surface area (Å²) in [6.45, 7) is 3.88. The number of guanidine groups is 1. The molecule has 1 aromatic heterocycles. The van der Waals surface area contributed by atoms with Gasteiger partial charge in [-0.05, 0) is 18.8 Å². The average molecular weight is 401 g/mol. The van der Waals surface area contributed by atoms with E-state index >= 15 is 0 Å². The second-order valence-corrected chi connectivity index (χ2v) is 8.08. The number of aromatic nitrogens is 2. The number of nitrogens with zero attached hydrogens (tertiary/aromatic N) is 5. The Morgan fingerprint density at radius 3 is 2.86 bits per heavy atom. The van der Waals surface area contributed by atoms with Crippen molar-refractivity contribution in [1.29, 1.82) is 0 Å². The van der Waals surface area contributed by atoms with Crippen LogP contribution >= 0.6 is 11.8 Å². The maximum absolute atomic E-state index is 12.5. The van der Waals surface area contributed by atoms with Crippen LogP contribution in [0, 0.1) is 0 Å². The zero-order chi connectivity index (χ0) is 20.3. The van der Waals surface area contributed by atoms with Gasteiger partial charge < -0.3 is 11.1 Å². The topological polar surface area (TPSA) is 126 Å². The van der Waals surface area contributed by atoms with Crippen molar-refractivity contribution in [2.24, 2.45) is 15.7 Å². The van der Waals surface area contributed by atoms with Crippen molar-refractivity contribution < 1.29 is 9.59 Å². The third-order valence-electron chi connectivity index (χ3n) is 4.70. The molecule has 3 heterocycles. The van der Waals surface area contributed by atoms with Crippen LogP contribution in [0.2, 0.25) is 0 Å². The maximum Gasteiger partial charge on any atom is 0.275 e. The summed E-state index contributed by atoms with van der Waals surface area (Å²) >= 11 is 1.56. The standard InChI is InChI=1S/C18H23N7O2S/c1-4-28-14-10-21-12(9-22-14)16(27)23-11-5-6-20-13(7-11)18(2)8-15(26)25(3)17(19)24-18/h5-6,9-10,13H,4,7-8H2,1-3H3,(H2,19,24)(H,23,27). The molecule has 0 saturated carbocycles. The van der Waals surface area contributed by atoms with Crippen LogP contribution in [-0.2, 0) is 4.79 Å². The Kier molecular flexibility index (Phi) is 5.78. The minimum atomic E-state index is -0.757. The Morgan fingerprint density at radius 2 is 2.21 bits per heavy atom. The van der Waals surface area contributed by atoms with Gasteiger partial charge in [-0.3, -0.25) is 19.5 Å². The molecule has 3 rings (SSSR count). The van der Waals surface area contributed by atoms with Crippen LogP contribution in [0.1, 0.15) is 37.2 Å². The molecule has 148 valence electrons. The van der Waals surface area contributed by atoms with E-state index in [2.05, 4.69) is 25.3 Å². The highest BCUT2D eigenvalue weighted by Crippen LogP contribution is 2.31. The number of nitrogens with two attached hydrogens (primary N) is 1. The van der Waals surface area contributed by atoms with Gasteiger partial charge >= 0.3 is 0 Å². The van der Waals surface area contributed by atoms with Crippen LogP contribution in [0.15, 0.2) is 39.2 Å². The monoisotopic (exact) mass is 401 g/mol. The molecule has 9 nitrogen and oxygen atoms in total. The van der Waals surface area contributed by atoms with Crippen LogP contribution < -0.4 is 11.1 Å². The van der Waals surface area contributed by atoms with E-state index in [4.69, 9.17) is 5.73 Å². The Labute approximate surface area is 167 Å². The predicted octanol–water partition coefficient (Wildman–Crippen LogP) is 0.981. The van der Waals surface area contributed by atoms with E-state index in [0.29, 0.717) is 12.1 Å². The first-order valence-electron chi connectivity index (χ1n) is 8.93. The number of hydrogen-bond donors (Lipinski definition) is 2. The van der Waals surface area contributed by atoms with E-state index < -0.39 is 5.54 Å². The molecule has 3 N–H and O–H groups in total. The summed E-state index contributed by atoms with van der Waals surface area (Å²) in [7, 11) is 1.60. The molecule has 0 saturated heterocycles. The van der Waals surface area contributed by atoms with Crippen molar-refractivity contribution in [2.75, 3.05) is 12.8 Å². The van der Waals surface area contributed by atoms with Crippen molar-refractivity contribution in [3.63, 3.8) is 0 Å². The first kappa shape index (κ1) is 20.0. The largest absolute Gasteiger partial charge is 0.369 e. The predicted molar refractivity (Wildman–Crippen MR) is 108 cm³/mol.